The van der Waals surface area contributed by atoms with Crippen molar-refractivity contribution in [1.29, 1.82) is 0 Å². The fourth-order valence-corrected chi connectivity index (χ4v) is 1.76. The van der Waals surface area contributed by atoms with Crippen molar-refractivity contribution in [2.75, 3.05) is 18.1 Å². The first-order valence-electron chi connectivity index (χ1n) is 5.15. The summed E-state index contributed by atoms with van der Waals surface area (Å²) in [5.41, 5.74) is 0. The first-order valence-corrected chi connectivity index (χ1v) is 6.77. The van der Waals surface area contributed by atoms with E-state index in [4.69, 9.17) is 0 Å². The first kappa shape index (κ1) is 13.6. The molecule has 2 atom stereocenters. The predicted octanol–water partition coefficient (Wildman–Crippen LogP) is 0.897. The Morgan fingerprint density at radius 1 is 1.71 bits per heavy atom. The van der Waals surface area contributed by atoms with E-state index in [1.807, 2.05) is 6.92 Å². The van der Waals surface area contributed by atoms with Crippen molar-refractivity contribution >= 4 is 22.4 Å². The highest BCUT2D eigenvalue weighted by molar-refractivity contribution is 7.84. The zero-order chi connectivity index (χ0) is 13.0. The quantitative estimate of drug-likeness (QED) is 0.606. The molecule has 8 heteroatoms. The summed E-state index contributed by atoms with van der Waals surface area (Å²) in [6, 6.07) is 0. The molecule has 7 nitrogen and oxygen atoms in total. The summed E-state index contributed by atoms with van der Waals surface area (Å²) in [6.07, 6.45) is 3.73. The lowest BCUT2D eigenvalue weighted by molar-refractivity contribution is -0.388. The Kier molecular flexibility index (Phi) is 4.62. The summed E-state index contributed by atoms with van der Waals surface area (Å²) in [6.45, 7) is 2.41. The number of hydrogen-bond donors (Lipinski definition) is 1. The van der Waals surface area contributed by atoms with Crippen molar-refractivity contribution in [3.05, 3.63) is 16.4 Å². The van der Waals surface area contributed by atoms with Gasteiger partial charge in [-0.25, -0.2) is 0 Å². The van der Waals surface area contributed by atoms with E-state index >= 15 is 0 Å². The molecule has 0 fully saturated rings. The molecule has 17 heavy (non-hydrogen) atoms. The van der Waals surface area contributed by atoms with Gasteiger partial charge in [0.2, 0.25) is 12.1 Å². The predicted molar refractivity (Wildman–Crippen MR) is 66.5 cm³/mol. The molecule has 0 aliphatic rings. The number of anilines is 1. The van der Waals surface area contributed by atoms with Crippen LogP contribution in [-0.4, -0.2) is 36.7 Å². The largest absolute Gasteiger partial charge is 0.406 e. The Bertz CT molecular complexity index is 432. The van der Waals surface area contributed by atoms with Crippen LogP contribution in [-0.2, 0) is 17.8 Å². The van der Waals surface area contributed by atoms with Gasteiger partial charge in [-0.05, 0) is 16.3 Å². The SMILES string of the molecule is CC(CCNc1c([N+](=O)[O-])ncn1C)S(C)=O. The van der Waals surface area contributed by atoms with Gasteiger partial charge in [0.05, 0.1) is 0 Å². The molecule has 0 spiro atoms. The summed E-state index contributed by atoms with van der Waals surface area (Å²) < 4.78 is 12.7. The second-order valence-corrected chi connectivity index (χ2v) is 5.61. The minimum atomic E-state index is -0.874. The number of nitrogens with zero attached hydrogens (tertiary/aromatic N) is 3. The summed E-state index contributed by atoms with van der Waals surface area (Å²) in [4.78, 5) is 13.8. The highest BCUT2D eigenvalue weighted by Gasteiger charge is 2.19. The zero-order valence-corrected chi connectivity index (χ0v) is 10.9. The number of rotatable bonds is 6. The Labute approximate surface area is 102 Å². The Morgan fingerprint density at radius 2 is 2.35 bits per heavy atom. The maximum Gasteiger partial charge on any atom is 0.406 e. The van der Waals surface area contributed by atoms with Gasteiger partial charge >= 0.3 is 5.82 Å². The van der Waals surface area contributed by atoms with Gasteiger partial charge in [-0.15, -0.1) is 0 Å². The number of imidazole rings is 1. The molecule has 1 heterocycles. The summed E-state index contributed by atoms with van der Waals surface area (Å²) in [5, 5.41) is 13.7. The lowest BCUT2D eigenvalue weighted by Crippen LogP contribution is -2.16. The van der Waals surface area contributed by atoms with E-state index in [0.717, 1.165) is 0 Å². The Morgan fingerprint density at radius 3 is 2.88 bits per heavy atom. The van der Waals surface area contributed by atoms with E-state index in [1.54, 1.807) is 17.9 Å². The number of hydrogen-bond acceptors (Lipinski definition) is 5. The van der Waals surface area contributed by atoms with Crippen molar-refractivity contribution in [3.8, 4) is 0 Å². The van der Waals surface area contributed by atoms with Crippen LogP contribution in [0.4, 0.5) is 11.6 Å². The molecule has 0 aliphatic carbocycles. The number of aromatic nitrogens is 2. The third kappa shape index (κ3) is 3.52. The van der Waals surface area contributed by atoms with Crippen LogP contribution in [0, 0.1) is 10.1 Å². The van der Waals surface area contributed by atoms with E-state index in [2.05, 4.69) is 10.3 Å². The van der Waals surface area contributed by atoms with Crippen LogP contribution in [0.5, 0.6) is 0 Å². The molecular formula is C9H16N4O3S. The molecule has 0 amide bonds. The second kappa shape index (κ2) is 5.76. The fourth-order valence-electron chi connectivity index (χ4n) is 1.32. The third-order valence-corrected chi connectivity index (χ3v) is 3.87. The minimum Gasteiger partial charge on any atom is -0.364 e. The Hall–Kier alpha value is -1.44. The van der Waals surface area contributed by atoms with Crippen LogP contribution in [0.25, 0.3) is 0 Å². The van der Waals surface area contributed by atoms with Crippen LogP contribution >= 0.6 is 0 Å². The highest BCUT2D eigenvalue weighted by Crippen LogP contribution is 2.20. The molecule has 2 unspecified atom stereocenters. The molecular weight excluding hydrogens is 244 g/mol. The highest BCUT2D eigenvalue weighted by atomic mass is 32.2. The molecule has 1 aromatic rings. The van der Waals surface area contributed by atoms with Crippen LogP contribution in [0.1, 0.15) is 13.3 Å². The summed E-state index contributed by atoms with van der Waals surface area (Å²) >= 11 is 0. The topological polar surface area (TPSA) is 90.1 Å². The number of nitrogens with one attached hydrogen (secondary N) is 1. The van der Waals surface area contributed by atoms with Crippen molar-refractivity contribution < 1.29 is 9.13 Å². The van der Waals surface area contributed by atoms with E-state index in [0.29, 0.717) is 18.8 Å². The first-order chi connectivity index (χ1) is 7.93. The molecule has 96 valence electrons. The average Bonchev–Trinajstić information content (AvgIpc) is 2.60. The zero-order valence-electron chi connectivity index (χ0n) is 10.0. The summed E-state index contributed by atoms with van der Waals surface area (Å²) in [5.74, 6) is 0.196. The molecule has 1 N–H and O–H groups in total. The van der Waals surface area contributed by atoms with Crippen molar-refractivity contribution in [3.63, 3.8) is 0 Å². The minimum absolute atomic E-state index is 0.0646. The average molecular weight is 260 g/mol. The lowest BCUT2D eigenvalue weighted by atomic mass is 10.3. The van der Waals surface area contributed by atoms with Gasteiger partial charge in [0, 0.05) is 35.9 Å². The normalized spacial score (nSPS) is 14.3. The van der Waals surface area contributed by atoms with Gasteiger partial charge in [0.15, 0.2) is 0 Å². The van der Waals surface area contributed by atoms with Gasteiger partial charge < -0.3 is 15.4 Å². The Balaban J connectivity index is 2.60. The molecule has 0 radical (unpaired) electrons. The van der Waals surface area contributed by atoms with Gasteiger partial charge in [-0.3, -0.25) is 8.78 Å². The lowest BCUT2D eigenvalue weighted by Gasteiger charge is -2.09. The molecule has 0 saturated carbocycles. The molecule has 1 aromatic heterocycles. The standard InChI is InChI=1S/C9H16N4O3S/c1-7(17(3)16)4-5-10-8-9(13(14)15)11-6-12(8)2/h6-7,10H,4-5H2,1-3H3. The maximum absolute atomic E-state index is 11.1. The van der Waals surface area contributed by atoms with Gasteiger partial charge in [-0.1, -0.05) is 6.92 Å². The summed E-state index contributed by atoms with van der Waals surface area (Å²) in [7, 11) is 0.810. The third-order valence-electron chi connectivity index (χ3n) is 2.50. The fraction of sp³-hybridized carbons (Fsp3) is 0.667. The van der Waals surface area contributed by atoms with E-state index < -0.39 is 15.7 Å². The van der Waals surface area contributed by atoms with Gasteiger partial charge in [0.1, 0.15) is 0 Å². The monoisotopic (exact) mass is 260 g/mol. The molecule has 1 rings (SSSR count). The van der Waals surface area contributed by atoms with Crippen LogP contribution in [0.3, 0.4) is 0 Å². The van der Waals surface area contributed by atoms with E-state index in [-0.39, 0.29) is 11.1 Å². The smallest absolute Gasteiger partial charge is 0.364 e. The van der Waals surface area contributed by atoms with Gasteiger partial charge in [0.25, 0.3) is 0 Å². The van der Waals surface area contributed by atoms with Crippen molar-refractivity contribution in [2.24, 2.45) is 7.05 Å². The van der Waals surface area contributed by atoms with Crippen molar-refractivity contribution in [2.45, 2.75) is 18.6 Å². The molecule has 0 aromatic carbocycles. The number of aryl methyl sites for hydroxylation is 1. The maximum atomic E-state index is 11.1. The number of nitro groups is 1. The van der Waals surface area contributed by atoms with E-state index in [1.165, 1.54) is 6.33 Å². The van der Waals surface area contributed by atoms with Crippen molar-refractivity contribution in [1.82, 2.24) is 9.55 Å². The molecule has 0 saturated heterocycles. The van der Waals surface area contributed by atoms with E-state index in [9.17, 15) is 14.3 Å². The van der Waals surface area contributed by atoms with Crippen LogP contribution < -0.4 is 5.32 Å². The van der Waals surface area contributed by atoms with Gasteiger partial charge in [-0.2, -0.15) is 0 Å². The molecule has 0 bridgehead atoms. The van der Waals surface area contributed by atoms with Crippen LogP contribution in [0.2, 0.25) is 0 Å². The molecule has 0 aliphatic heterocycles. The van der Waals surface area contributed by atoms with Crippen LogP contribution in [0.15, 0.2) is 6.33 Å². The second-order valence-electron chi connectivity index (χ2n) is 3.81.